The summed E-state index contributed by atoms with van der Waals surface area (Å²) in [5.41, 5.74) is 0. The molecule has 26 heavy (non-hydrogen) atoms. The normalized spacial score (nSPS) is 13.8. The Morgan fingerprint density at radius 3 is 0.962 bits per heavy atom. The van der Waals surface area contributed by atoms with Gasteiger partial charge < -0.3 is 0 Å². The Labute approximate surface area is 168 Å². The smallest absolute Gasteiger partial charge is 0.0443 e. The molecule has 0 N–H and O–H groups in total. The van der Waals surface area contributed by atoms with E-state index in [1.165, 1.54) is 128 Å². The minimum absolute atomic E-state index is 0.959. The van der Waals surface area contributed by atoms with Gasteiger partial charge in [0.25, 0.3) is 0 Å². The van der Waals surface area contributed by atoms with E-state index in [0.29, 0.717) is 0 Å². The van der Waals surface area contributed by atoms with Crippen LogP contribution in [0.25, 0.3) is 0 Å². The highest BCUT2D eigenvalue weighted by atomic mass is 14.1. The molecule has 2 atom stereocenters. The van der Waals surface area contributed by atoms with Crippen molar-refractivity contribution in [3.8, 4) is 0 Å². The van der Waals surface area contributed by atoms with Crippen LogP contribution in [0.15, 0.2) is 0 Å². The van der Waals surface area contributed by atoms with Crippen LogP contribution in [0.1, 0.15) is 156 Å². The lowest BCUT2D eigenvalue weighted by atomic mass is 9.92. The second-order valence-corrected chi connectivity index (χ2v) is 9.31. The van der Waals surface area contributed by atoms with Gasteiger partial charge in [0.1, 0.15) is 0 Å². The van der Waals surface area contributed by atoms with Crippen LogP contribution < -0.4 is 0 Å². The molecule has 0 heteroatoms. The van der Waals surface area contributed by atoms with E-state index in [1.54, 1.807) is 0 Å². The third-order valence-corrected chi connectivity index (χ3v) is 6.24. The van der Waals surface area contributed by atoms with Gasteiger partial charge in [-0.1, -0.05) is 156 Å². The largest absolute Gasteiger partial charge is 0.0654 e. The van der Waals surface area contributed by atoms with Crippen LogP contribution in [-0.4, -0.2) is 0 Å². The van der Waals surface area contributed by atoms with E-state index in [2.05, 4.69) is 27.7 Å². The Balaban J connectivity index is 3.29. The molecule has 0 aromatic carbocycles. The minimum atomic E-state index is 0.959. The van der Waals surface area contributed by atoms with Crippen molar-refractivity contribution in [1.82, 2.24) is 0 Å². The zero-order chi connectivity index (χ0) is 19.3. The fourth-order valence-electron chi connectivity index (χ4n) is 4.18. The number of hydrogen-bond acceptors (Lipinski definition) is 0. The maximum atomic E-state index is 2.49. The molecular weight excluding hydrogens is 312 g/mol. The molecule has 0 aromatic heterocycles. The van der Waals surface area contributed by atoms with Gasteiger partial charge in [0.15, 0.2) is 0 Å². The predicted octanol–water partition coefficient (Wildman–Crippen LogP) is 10.1. The van der Waals surface area contributed by atoms with Crippen LogP contribution in [-0.2, 0) is 0 Å². The molecule has 0 aliphatic carbocycles. The first-order valence-electron chi connectivity index (χ1n) is 12.7. The number of hydrogen-bond donors (Lipinski definition) is 0. The highest BCUT2D eigenvalue weighted by Crippen LogP contribution is 2.21. The zero-order valence-electron chi connectivity index (χ0n) is 19.3. The molecular formula is C26H54. The van der Waals surface area contributed by atoms with Crippen LogP contribution in [0.4, 0.5) is 0 Å². The van der Waals surface area contributed by atoms with Crippen molar-refractivity contribution in [1.29, 1.82) is 0 Å². The molecule has 0 aliphatic heterocycles. The van der Waals surface area contributed by atoms with Gasteiger partial charge in [-0.2, -0.15) is 0 Å². The topological polar surface area (TPSA) is 0 Å². The SMILES string of the molecule is CCCCCCCCCCC(C)CCCC(C)CCCCCCCCC. The van der Waals surface area contributed by atoms with Crippen molar-refractivity contribution in [3.63, 3.8) is 0 Å². The van der Waals surface area contributed by atoms with Crippen molar-refractivity contribution in [3.05, 3.63) is 0 Å². The fraction of sp³-hybridized carbons (Fsp3) is 1.00. The predicted molar refractivity (Wildman–Crippen MR) is 122 cm³/mol. The maximum absolute atomic E-state index is 2.49. The third kappa shape index (κ3) is 20.3. The molecule has 0 aromatic rings. The quantitative estimate of drug-likeness (QED) is 0.177. The summed E-state index contributed by atoms with van der Waals surface area (Å²) < 4.78 is 0. The van der Waals surface area contributed by atoms with E-state index in [1.807, 2.05) is 0 Å². The van der Waals surface area contributed by atoms with Gasteiger partial charge in [-0.25, -0.2) is 0 Å². The molecule has 0 aliphatic rings. The molecule has 0 heterocycles. The van der Waals surface area contributed by atoms with Crippen molar-refractivity contribution in [2.45, 2.75) is 156 Å². The lowest BCUT2D eigenvalue weighted by Crippen LogP contribution is -1.99. The van der Waals surface area contributed by atoms with Gasteiger partial charge in [-0.15, -0.1) is 0 Å². The standard InChI is InChI=1S/C26H54/c1-5-7-9-11-13-15-17-19-22-26(4)24-20-23-25(3)21-18-16-14-12-10-8-6-2/h25-26H,5-24H2,1-4H3. The summed E-state index contributed by atoms with van der Waals surface area (Å²) in [5.74, 6) is 1.92. The van der Waals surface area contributed by atoms with Crippen LogP contribution in [0.5, 0.6) is 0 Å². The van der Waals surface area contributed by atoms with Crippen molar-refractivity contribution >= 4 is 0 Å². The highest BCUT2D eigenvalue weighted by molar-refractivity contribution is 4.59. The fourth-order valence-corrected chi connectivity index (χ4v) is 4.18. The van der Waals surface area contributed by atoms with Crippen LogP contribution in [0, 0.1) is 11.8 Å². The summed E-state index contributed by atoms with van der Waals surface area (Å²) in [6, 6.07) is 0. The van der Waals surface area contributed by atoms with Crippen molar-refractivity contribution in [2.24, 2.45) is 11.8 Å². The first-order chi connectivity index (χ1) is 12.7. The van der Waals surface area contributed by atoms with Gasteiger partial charge in [0, 0.05) is 0 Å². The summed E-state index contributed by atoms with van der Waals surface area (Å²) in [6.45, 7) is 9.58. The molecule has 0 fully saturated rings. The summed E-state index contributed by atoms with van der Waals surface area (Å²) in [5, 5.41) is 0. The molecule has 0 rings (SSSR count). The summed E-state index contributed by atoms with van der Waals surface area (Å²) in [7, 11) is 0. The van der Waals surface area contributed by atoms with E-state index in [9.17, 15) is 0 Å². The Hall–Kier alpha value is 0. The van der Waals surface area contributed by atoms with Gasteiger partial charge >= 0.3 is 0 Å². The van der Waals surface area contributed by atoms with E-state index in [0.717, 1.165) is 11.8 Å². The Bertz CT molecular complexity index is 244. The van der Waals surface area contributed by atoms with Gasteiger partial charge in [-0.3, -0.25) is 0 Å². The van der Waals surface area contributed by atoms with Crippen LogP contribution in [0.3, 0.4) is 0 Å². The first kappa shape index (κ1) is 26.0. The maximum Gasteiger partial charge on any atom is -0.0443 e. The lowest BCUT2D eigenvalue weighted by molar-refractivity contribution is 0.390. The summed E-state index contributed by atoms with van der Waals surface area (Å²) in [4.78, 5) is 0. The summed E-state index contributed by atoms with van der Waals surface area (Å²) in [6.07, 6.45) is 29.2. The average molecular weight is 367 g/mol. The molecule has 0 spiro atoms. The number of rotatable bonds is 21. The first-order valence-corrected chi connectivity index (χ1v) is 12.7. The third-order valence-electron chi connectivity index (χ3n) is 6.24. The van der Waals surface area contributed by atoms with E-state index in [-0.39, 0.29) is 0 Å². The van der Waals surface area contributed by atoms with E-state index >= 15 is 0 Å². The zero-order valence-corrected chi connectivity index (χ0v) is 19.3. The second-order valence-electron chi connectivity index (χ2n) is 9.31. The minimum Gasteiger partial charge on any atom is -0.0654 e. The average Bonchev–Trinajstić information content (AvgIpc) is 2.63. The molecule has 0 amide bonds. The van der Waals surface area contributed by atoms with Gasteiger partial charge in [0.2, 0.25) is 0 Å². The van der Waals surface area contributed by atoms with Crippen LogP contribution >= 0.6 is 0 Å². The van der Waals surface area contributed by atoms with Crippen molar-refractivity contribution < 1.29 is 0 Å². The molecule has 158 valence electrons. The van der Waals surface area contributed by atoms with Crippen LogP contribution in [0.2, 0.25) is 0 Å². The Morgan fingerprint density at radius 1 is 0.346 bits per heavy atom. The monoisotopic (exact) mass is 366 g/mol. The molecule has 0 saturated heterocycles. The van der Waals surface area contributed by atoms with E-state index < -0.39 is 0 Å². The van der Waals surface area contributed by atoms with Crippen molar-refractivity contribution in [2.75, 3.05) is 0 Å². The van der Waals surface area contributed by atoms with Gasteiger partial charge in [-0.05, 0) is 11.8 Å². The molecule has 0 saturated carbocycles. The van der Waals surface area contributed by atoms with Gasteiger partial charge in [0.05, 0.1) is 0 Å². The number of unbranched alkanes of at least 4 members (excludes halogenated alkanes) is 13. The molecule has 0 bridgehead atoms. The molecule has 0 radical (unpaired) electrons. The van der Waals surface area contributed by atoms with E-state index in [4.69, 9.17) is 0 Å². The molecule has 0 nitrogen and oxygen atoms in total. The second kappa shape index (κ2) is 21.3. The highest BCUT2D eigenvalue weighted by Gasteiger charge is 2.06. The lowest BCUT2D eigenvalue weighted by Gasteiger charge is -2.14. The Morgan fingerprint density at radius 2 is 0.615 bits per heavy atom. The Kier molecular flexibility index (Phi) is 21.3. The molecule has 2 unspecified atom stereocenters. The summed E-state index contributed by atoms with van der Waals surface area (Å²) >= 11 is 0.